The predicted molar refractivity (Wildman–Crippen MR) is 72.4 cm³/mol. The molecular weight excluding hydrogens is 264 g/mol. The fraction of sp³-hybridized carbons (Fsp3) is 0.923. The largest absolute Gasteiger partial charge is 0.391 e. The number of Topliss-reactive ketones (excluding diaryl/α,β-unsaturated/α-hetero) is 1. The maximum Gasteiger partial charge on any atom is 0.294 e. The Morgan fingerprint density at radius 2 is 2.05 bits per heavy atom. The second kappa shape index (κ2) is 6.99. The molecule has 0 bridgehead atoms. The molecule has 7 heteroatoms. The molecule has 3 atom stereocenters. The van der Waals surface area contributed by atoms with E-state index in [1.54, 1.807) is 0 Å². The summed E-state index contributed by atoms with van der Waals surface area (Å²) in [6.45, 7) is 0.925. The van der Waals surface area contributed by atoms with E-state index in [-0.39, 0.29) is 18.1 Å². The molecule has 0 radical (unpaired) electrons. The SMILES string of the molecule is C[N+](C)(C)CCCC(=O)[C@H]1CC[C@H](O[N+](=O)[O-])[C@@H](O)C1. The van der Waals surface area contributed by atoms with Crippen molar-refractivity contribution in [2.45, 2.75) is 44.3 Å². The molecule has 0 unspecified atom stereocenters. The van der Waals surface area contributed by atoms with Crippen molar-refractivity contribution in [3.63, 3.8) is 0 Å². The molecule has 0 aromatic rings. The number of hydrogen-bond donors (Lipinski definition) is 1. The van der Waals surface area contributed by atoms with Crippen molar-refractivity contribution in [2.24, 2.45) is 5.92 Å². The van der Waals surface area contributed by atoms with Crippen LogP contribution in [0.15, 0.2) is 0 Å². The molecule has 0 aromatic heterocycles. The maximum absolute atomic E-state index is 12.1. The van der Waals surface area contributed by atoms with Gasteiger partial charge < -0.3 is 14.4 Å². The Kier molecular flexibility index (Phi) is 5.88. The first-order chi connectivity index (χ1) is 9.19. The normalized spacial score (nSPS) is 27.1. The van der Waals surface area contributed by atoms with Crippen molar-refractivity contribution in [2.75, 3.05) is 27.7 Å². The molecule has 7 nitrogen and oxygen atoms in total. The predicted octanol–water partition coefficient (Wildman–Crippen LogP) is 0.780. The van der Waals surface area contributed by atoms with E-state index in [9.17, 15) is 20.0 Å². The third-order valence-electron chi connectivity index (χ3n) is 3.68. The molecule has 0 aliphatic heterocycles. The quantitative estimate of drug-likeness (QED) is 0.425. The summed E-state index contributed by atoms with van der Waals surface area (Å²) >= 11 is 0. The summed E-state index contributed by atoms with van der Waals surface area (Å²) in [5.41, 5.74) is 0. The fourth-order valence-electron chi connectivity index (χ4n) is 2.58. The molecule has 0 saturated heterocycles. The number of quaternary nitrogens is 1. The number of ketones is 1. The van der Waals surface area contributed by atoms with Gasteiger partial charge in [0.2, 0.25) is 0 Å². The summed E-state index contributed by atoms with van der Waals surface area (Å²) in [7, 11) is 6.23. The van der Waals surface area contributed by atoms with Gasteiger partial charge in [0.1, 0.15) is 11.9 Å². The molecule has 0 aromatic carbocycles. The van der Waals surface area contributed by atoms with Crippen LogP contribution < -0.4 is 0 Å². The highest BCUT2D eigenvalue weighted by atomic mass is 17.0. The lowest BCUT2D eigenvalue weighted by molar-refractivity contribution is -0.870. The zero-order valence-corrected chi connectivity index (χ0v) is 12.4. The van der Waals surface area contributed by atoms with Crippen molar-refractivity contribution < 1.29 is 24.3 Å². The zero-order valence-electron chi connectivity index (χ0n) is 12.4. The van der Waals surface area contributed by atoms with Gasteiger partial charge >= 0.3 is 0 Å². The summed E-state index contributed by atoms with van der Waals surface area (Å²) < 4.78 is 0.819. The fourth-order valence-corrected chi connectivity index (χ4v) is 2.58. The van der Waals surface area contributed by atoms with Gasteiger partial charge in [0.15, 0.2) is 0 Å². The molecule has 1 rings (SSSR count). The third kappa shape index (κ3) is 5.83. The number of rotatable bonds is 7. The Bertz CT molecular complexity index is 353. The van der Waals surface area contributed by atoms with E-state index in [1.165, 1.54) is 0 Å². The number of hydrogen-bond acceptors (Lipinski definition) is 5. The van der Waals surface area contributed by atoms with Crippen LogP contribution >= 0.6 is 0 Å². The topological polar surface area (TPSA) is 89.7 Å². The van der Waals surface area contributed by atoms with E-state index in [1.807, 2.05) is 0 Å². The van der Waals surface area contributed by atoms with Crippen LogP contribution in [0.2, 0.25) is 0 Å². The Hall–Kier alpha value is -1.21. The molecule has 1 aliphatic carbocycles. The average molecular weight is 289 g/mol. The first-order valence-electron chi connectivity index (χ1n) is 7.01. The van der Waals surface area contributed by atoms with E-state index >= 15 is 0 Å². The highest BCUT2D eigenvalue weighted by molar-refractivity contribution is 5.81. The molecule has 0 amide bonds. The molecule has 0 heterocycles. The van der Waals surface area contributed by atoms with Gasteiger partial charge in [-0.3, -0.25) is 4.79 Å². The maximum atomic E-state index is 12.1. The lowest BCUT2D eigenvalue weighted by Crippen LogP contribution is -2.39. The van der Waals surface area contributed by atoms with E-state index in [4.69, 9.17) is 0 Å². The van der Waals surface area contributed by atoms with Crippen LogP contribution in [0.3, 0.4) is 0 Å². The third-order valence-corrected chi connectivity index (χ3v) is 3.68. The smallest absolute Gasteiger partial charge is 0.294 e. The standard InChI is InChI=1S/C13H25N2O5/c1-15(2,3)8-4-5-11(16)10-6-7-13(12(17)9-10)20-14(18)19/h10,12-13,17H,4-9H2,1-3H3/q+1/t10-,12-,13-/m0/s1. The first kappa shape index (κ1) is 16.8. The van der Waals surface area contributed by atoms with Gasteiger partial charge in [-0.1, -0.05) is 0 Å². The summed E-state index contributed by atoms with van der Waals surface area (Å²) in [5, 5.41) is 19.2. The van der Waals surface area contributed by atoms with E-state index in [0.717, 1.165) is 17.4 Å². The highest BCUT2D eigenvalue weighted by Crippen LogP contribution is 2.28. The second-order valence-electron chi connectivity index (χ2n) is 6.53. The number of aliphatic hydroxyl groups excluding tert-OH is 1. The van der Waals surface area contributed by atoms with Gasteiger partial charge in [0, 0.05) is 18.8 Å². The molecule has 20 heavy (non-hydrogen) atoms. The van der Waals surface area contributed by atoms with Crippen LogP contribution in [0.5, 0.6) is 0 Å². The van der Waals surface area contributed by atoms with Gasteiger partial charge in [0.05, 0.1) is 33.8 Å². The van der Waals surface area contributed by atoms with Crippen LogP contribution in [0.1, 0.15) is 32.1 Å². The van der Waals surface area contributed by atoms with Gasteiger partial charge in [0.25, 0.3) is 5.09 Å². The molecule has 116 valence electrons. The Labute approximate surface area is 119 Å². The van der Waals surface area contributed by atoms with E-state index in [2.05, 4.69) is 26.0 Å². The van der Waals surface area contributed by atoms with Crippen LogP contribution in [0.4, 0.5) is 0 Å². The lowest BCUT2D eigenvalue weighted by atomic mass is 9.81. The Morgan fingerprint density at radius 3 is 2.55 bits per heavy atom. The van der Waals surface area contributed by atoms with Crippen LogP contribution in [-0.2, 0) is 9.63 Å². The number of carbonyl (C=O) groups excluding carboxylic acids is 1. The minimum Gasteiger partial charge on any atom is -0.391 e. The minimum atomic E-state index is -0.929. The molecule has 0 spiro atoms. The summed E-state index contributed by atoms with van der Waals surface area (Å²) in [4.78, 5) is 26.7. The number of carbonyl (C=O) groups is 1. The second-order valence-corrected chi connectivity index (χ2v) is 6.53. The van der Waals surface area contributed by atoms with Gasteiger partial charge in [-0.05, 0) is 19.3 Å². The van der Waals surface area contributed by atoms with E-state index < -0.39 is 17.3 Å². The van der Waals surface area contributed by atoms with Crippen molar-refractivity contribution in [3.05, 3.63) is 10.1 Å². The monoisotopic (exact) mass is 289 g/mol. The van der Waals surface area contributed by atoms with Gasteiger partial charge in [-0.2, -0.15) is 0 Å². The highest BCUT2D eigenvalue weighted by Gasteiger charge is 2.34. The van der Waals surface area contributed by atoms with E-state index in [0.29, 0.717) is 19.3 Å². The summed E-state index contributed by atoms with van der Waals surface area (Å²) in [5.74, 6) is -0.0406. The Morgan fingerprint density at radius 1 is 1.40 bits per heavy atom. The molecule has 1 N–H and O–H groups in total. The van der Waals surface area contributed by atoms with Crippen molar-refractivity contribution >= 4 is 5.78 Å². The minimum absolute atomic E-state index is 0.150. The van der Waals surface area contributed by atoms with Crippen LogP contribution in [-0.4, -0.2) is 60.4 Å². The molecule has 1 aliphatic rings. The molecule has 1 fully saturated rings. The van der Waals surface area contributed by atoms with Crippen LogP contribution in [0.25, 0.3) is 0 Å². The van der Waals surface area contributed by atoms with Crippen LogP contribution in [0, 0.1) is 16.0 Å². The summed E-state index contributed by atoms with van der Waals surface area (Å²) in [6, 6.07) is 0. The van der Waals surface area contributed by atoms with Crippen molar-refractivity contribution in [1.29, 1.82) is 0 Å². The molecule has 1 saturated carbocycles. The molecular formula is C13H25N2O5+. The van der Waals surface area contributed by atoms with Crippen molar-refractivity contribution in [1.82, 2.24) is 0 Å². The first-order valence-corrected chi connectivity index (χ1v) is 7.01. The Balaban J connectivity index is 2.35. The van der Waals surface area contributed by atoms with Gasteiger partial charge in [-0.25, -0.2) is 0 Å². The van der Waals surface area contributed by atoms with Crippen molar-refractivity contribution in [3.8, 4) is 0 Å². The number of aliphatic hydroxyl groups is 1. The average Bonchev–Trinajstić information content (AvgIpc) is 2.29. The zero-order chi connectivity index (χ0) is 15.3. The summed E-state index contributed by atoms with van der Waals surface area (Å²) in [6.07, 6.45) is 0.785. The number of nitrogens with zero attached hydrogens (tertiary/aromatic N) is 2. The lowest BCUT2D eigenvalue weighted by Gasteiger charge is -2.31. The van der Waals surface area contributed by atoms with Gasteiger partial charge in [-0.15, -0.1) is 10.1 Å².